The average Bonchev–Trinajstić information content (AvgIpc) is 1.47. The number of hydrogen-bond donors (Lipinski definition) is 18. The van der Waals surface area contributed by atoms with Crippen molar-refractivity contribution >= 4 is 111 Å². The molecule has 1 fully saturated rings. The lowest BCUT2D eigenvalue weighted by molar-refractivity contribution is -0.142. The minimum Gasteiger partial charge on any atom is -0.481 e. The van der Waals surface area contributed by atoms with Crippen LogP contribution in [0, 0.1) is 0 Å². The number of H-pyrrole nitrogens is 1. The first-order chi connectivity index (χ1) is 44.7. The van der Waals surface area contributed by atoms with Crippen LogP contribution in [0.15, 0.2) is 67.1 Å². The van der Waals surface area contributed by atoms with Gasteiger partial charge in [0.15, 0.2) is 0 Å². The predicted molar refractivity (Wildman–Crippen MR) is 329 cm³/mol. The number of carboxylic acids is 2. The number of aromatic nitrogens is 2. The van der Waals surface area contributed by atoms with E-state index in [0.29, 0.717) is 11.3 Å². The fraction of sp³-hybridized carbons (Fsp3) is 0.464. The summed E-state index contributed by atoms with van der Waals surface area (Å²) in [4.78, 5) is 204. The second-order valence-corrected chi connectivity index (χ2v) is 23.5. The van der Waals surface area contributed by atoms with Gasteiger partial charge in [0.05, 0.1) is 31.8 Å². The molecule has 1 aliphatic rings. The molecule has 4 rings (SSSR count). The maximum absolute atomic E-state index is 14.2. The summed E-state index contributed by atoms with van der Waals surface area (Å²) in [5, 5.41) is 55.7. The van der Waals surface area contributed by atoms with Crippen LogP contribution >= 0.6 is 11.8 Å². The first-order valence-electron chi connectivity index (χ1n) is 29.0. The summed E-state index contributed by atoms with van der Waals surface area (Å²) in [7, 11) is -5.01. The molecule has 11 unspecified atom stereocenters. The number of benzene rings is 2. The lowest BCUT2D eigenvalue weighted by Gasteiger charge is -2.27. The van der Waals surface area contributed by atoms with Crippen LogP contribution in [0.3, 0.4) is 0 Å². The molecule has 0 bridgehead atoms. The van der Waals surface area contributed by atoms with Crippen molar-refractivity contribution in [1.82, 2.24) is 68.5 Å². The predicted octanol–water partition coefficient (Wildman–Crippen LogP) is -6.77. The number of carbonyl (C=O) groups excluding carboxylic acids is 13. The molecule has 1 aromatic heterocycles. The van der Waals surface area contributed by atoms with Crippen molar-refractivity contribution in [3.63, 3.8) is 0 Å². The molecule has 20 N–H and O–H groups in total. The van der Waals surface area contributed by atoms with Crippen LogP contribution in [0.2, 0.25) is 0 Å². The van der Waals surface area contributed by atoms with Gasteiger partial charge in [0.1, 0.15) is 66.2 Å². The molecule has 39 heteroatoms. The van der Waals surface area contributed by atoms with E-state index in [1.807, 2.05) is 0 Å². The minimum absolute atomic E-state index is 0.0247. The number of aliphatic hydroxyl groups excluding tert-OH is 1. The Bertz CT molecular complexity index is 3380. The Balaban J connectivity index is 1.49. The number of aromatic amines is 1. The molecule has 2 aromatic carbocycles. The van der Waals surface area contributed by atoms with Crippen LogP contribution in [0.5, 0.6) is 5.75 Å². The molecular formula is C56H75N15O22S2. The highest BCUT2D eigenvalue weighted by Crippen LogP contribution is 2.17. The van der Waals surface area contributed by atoms with E-state index in [4.69, 9.17) is 16.0 Å². The molecular weight excluding hydrogens is 1300 g/mol. The Kier molecular flexibility index (Phi) is 30.4. The molecule has 518 valence electrons. The van der Waals surface area contributed by atoms with E-state index in [-0.39, 0.29) is 43.4 Å². The fourth-order valence-corrected chi connectivity index (χ4v) is 9.83. The number of nitrogens with one attached hydrogen (secondary N) is 12. The fourth-order valence-electron chi connectivity index (χ4n) is 9.01. The molecule has 1 saturated heterocycles. The number of primary amides is 2. The van der Waals surface area contributed by atoms with Gasteiger partial charge in [0.25, 0.3) is 0 Å². The summed E-state index contributed by atoms with van der Waals surface area (Å²) >= 11 is 1.26. The van der Waals surface area contributed by atoms with E-state index < -0.39 is 210 Å². The van der Waals surface area contributed by atoms with E-state index in [2.05, 4.69) is 72.6 Å². The Morgan fingerprint density at radius 1 is 0.642 bits per heavy atom. The second-order valence-electron chi connectivity index (χ2n) is 21.5. The largest absolute Gasteiger partial charge is 0.481 e. The maximum atomic E-state index is 14.2. The van der Waals surface area contributed by atoms with Gasteiger partial charge in [-0.2, -0.15) is 20.2 Å². The summed E-state index contributed by atoms with van der Waals surface area (Å²) in [5.74, 6) is -16.9. The van der Waals surface area contributed by atoms with Crippen molar-refractivity contribution in [2.24, 2.45) is 11.5 Å². The minimum atomic E-state index is -5.01. The molecule has 37 nitrogen and oxygen atoms in total. The summed E-state index contributed by atoms with van der Waals surface area (Å²) in [6, 6.07) is -3.54. The highest BCUT2D eigenvalue weighted by atomic mass is 32.3. The molecule has 13 amide bonds. The van der Waals surface area contributed by atoms with Crippen LogP contribution in [0.4, 0.5) is 0 Å². The number of carbonyl (C=O) groups is 15. The number of hydrogen-bond acceptors (Lipinski definition) is 21. The van der Waals surface area contributed by atoms with E-state index in [0.717, 1.165) is 31.2 Å². The number of amides is 13. The van der Waals surface area contributed by atoms with Crippen LogP contribution in [-0.2, 0) is 102 Å². The topological polar surface area (TPSA) is 593 Å². The van der Waals surface area contributed by atoms with Crippen LogP contribution < -0.4 is 74.1 Å². The lowest BCUT2D eigenvalue weighted by atomic mass is 10.0. The van der Waals surface area contributed by atoms with Gasteiger partial charge in [0, 0.05) is 44.0 Å². The van der Waals surface area contributed by atoms with Gasteiger partial charge in [-0.15, -0.1) is 0 Å². The zero-order chi connectivity index (χ0) is 70.7. The van der Waals surface area contributed by atoms with Gasteiger partial charge in [0.2, 0.25) is 76.8 Å². The second kappa shape index (κ2) is 37.4. The highest BCUT2D eigenvalue weighted by molar-refractivity contribution is 7.98. The van der Waals surface area contributed by atoms with Crippen molar-refractivity contribution in [2.45, 2.75) is 145 Å². The first kappa shape index (κ1) is 77.2. The number of aliphatic carboxylic acids is 2. The zero-order valence-corrected chi connectivity index (χ0v) is 52.9. The van der Waals surface area contributed by atoms with Crippen molar-refractivity contribution in [3.05, 3.63) is 83.9 Å². The Labute approximate surface area is 546 Å². The molecule has 0 aliphatic carbocycles. The molecule has 2 heterocycles. The third kappa shape index (κ3) is 27.4. The van der Waals surface area contributed by atoms with E-state index in [1.165, 1.54) is 31.2 Å². The Morgan fingerprint density at radius 3 is 1.66 bits per heavy atom. The normalized spacial score (nSPS) is 15.8. The van der Waals surface area contributed by atoms with Crippen molar-refractivity contribution < 1.29 is 104 Å². The number of thioether (sulfide) groups is 1. The van der Waals surface area contributed by atoms with Gasteiger partial charge in [-0.3, -0.25) is 76.5 Å². The molecule has 1 aliphatic heterocycles. The summed E-state index contributed by atoms with van der Waals surface area (Å²) in [5.41, 5.74) is 11.8. The van der Waals surface area contributed by atoms with Crippen LogP contribution in [-0.4, -0.2) is 212 Å². The summed E-state index contributed by atoms with van der Waals surface area (Å²) in [6.07, 6.45) is -1.70. The third-order valence-electron chi connectivity index (χ3n) is 13.9. The van der Waals surface area contributed by atoms with Crippen molar-refractivity contribution in [3.8, 4) is 5.75 Å². The smallest absolute Gasteiger partial charge is 0.446 e. The number of rotatable bonds is 40. The molecule has 11 atom stereocenters. The standard InChI is InChI=1S/C56H75N15O22S2/c1-27(48(81)67-38(21-31-24-59-26-61-31)52(85)65-35(17-18-94-3)51(84)70-39(22-44(76)77)53(86)66-36(47(58)80)19-29-7-5-4-6-8-29)62-43(75)25-60-56(89)46(28(2)72)71-55(88)37(20-30-9-11-32(12-10-30)93-95(90,91)92)68-54(87)40(23-45(78)79)69-50(83)34(13-15-41(57)73)64-49(82)33-14-16-42(74)63-33/h4-12,24,26-28,33-40,46,72H,13-23,25H2,1-3H3,(H2,57,73)(H2,58,80)(H,59,61)(H,60,89)(H,62,75)(H,63,74)(H,64,82)(H,65,85)(H,66,86)(H,67,81)(H,68,87)(H,69,83)(H,70,84)(H,71,88)(H,76,77)(H,78,79)(H,90,91,92). The van der Waals surface area contributed by atoms with Gasteiger partial charge < -0.3 is 94.4 Å². The highest BCUT2D eigenvalue weighted by Gasteiger charge is 2.37. The SMILES string of the molecule is CSCCC(NC(=O)C(Cc1cnc[nH]1)NC(=O)C(C)NC(=O)CNC(=O)C(NC(=O)C(Cc1ccc(OS(=O)(=O)O)cc1)NC(=O)C(CC(=O)O)NC(=O)C(CCC(N)=O)NC(=O)C1CCC(=O)N1)C(C)O)C(=O)NC(CC(=O)O)C(=O)NC(Cc1ccccc1)C(N)=O. The van der Waals surface area contributed by atoms with Gasteiger partial charge in [-0.25, -0.2) is 4.98 Å². The number of imidazole rings is 1. The van der Waals surface area contributed by atoms with E-state index in [9.17, 15) is 95.7 Å². The van der Waals surface area contributed by atoms with E-state index in [1.54, 1.807) is 36.6 Å². The molecule has 95 heavy (non-hydrogen) atoms. The quantitative estimate of drug-likeness (QED) is 0.0235. The number of nitrogens with two attached hydrogens (primary N) is 2. The first-order valence-corrected chi connectivity index (χ1v) is 31.7. The summed E-state index contributed by atoms with van der Waals surface area (Å²) < 4.78 is 36.2. The third-order valence-corrected chi connectivity index (χ3v) is 14.9. The maximum Gasteiger partial charge on any atom is 0.446 e. The number of aliphatic hydroxyl groups is 1. The molecule has 0 saturated carbocycles. The van der Waals surface area contributed by atoms with Crippen molar-refractivity contribution in [1.29, 1.82) is 0 Å². The molecule has 0 spiro atoms. The van der Waals surface area contributed by atoms with Gasteiger partial charge >= 0.3 is 22.3 Å². The van der Waals surface area contributed by atoms with Gasteiger partial charge in [-0.1, -0.05) is 42.5 Å². The molecule has 0 radical (unpaired) electrons. The zero-order valence-electron chi connectivity index (χ0n) is 51.2. The average molecular weight is 1370 g/mol. The lowest BCUT2D eigenvalue weighted by Crippen LogP contribution is -2.61. The van der Waals surface area contributed by atoms with Crippen LogP contribution in [0.1, 0.15) is 75.6 Å². The van der Waals surface area contributed by atoms with Crippen LogP contribution in [0.25, 0.3) is 0 Å². The summed E-state index contributed by atoms with van der Waals surface area (Å²) in [6.45, 7) is 1.25. The Morgan fingerprint density at radius 2 is 1.15 bits per heavy atom. The van der Waals surface area contributed by atoms with Crippen molar-refractivity contribution in [2.75, 3.05) is 18.6 Å². The number of carboxylic acid groups (broad SMARTS) is 2. The Hall–Kier alpha value is -10.3. The van der Waals surface area contributed by atoms with E-state index >= 15 is 0 Å². The monoisotopic (exact) mass is 1370 g/mol. The molecule has 3 aromatic rings. The van der Waals surface area contributed by atoms with Gasteiger partial charge in [-0.05, 0) is 68.4 Å². The number of nitrogens with zero attached hydrogens (tertiary/aromatic N) is 1.